The number of aromatic nitrogens is 1. The van der Waals surface area contributed by atoms with Crippen LogP contribution in [0.2, 0.25) is 0 Å². The van der Waals surface area contributed by atoms with E-state index in [0.717, 1.165) is 29.8 Å². The van der Waals surface area contributed by atoms with E-state index in [1.807, 2.05) is 4.90 Å². The third-order valence-electron chi connectivity index (χ3n) is 5.10. The normalized spacial score (nSPS) is 18.0. The fourth-order valence-electron chi connectivity index (χ4n) is 3.27. The number of anilines is 1. The first-order valence-corrected chi connectivity index (χ1v) is 10.2. The van der Waals surface area contributed by atoms with E-state index in [9.17, 15) is 4.79 Å². The van der Waals surface area contributed by atoms with Gasteiger partial charge < -0.3 is 9.64 Å². The summed E-state index contributed by atoms with van der Waals surface area (Å²) < 4.78 is 6.18. The number of hydrogen-bond acceptors (Lipinski definition) is 4. The lowest BCUT2D eigenvalue weighted by Gasteiger charge is -2.32. The van der Waals surface area contributed by atoms with Gasteiger partial charge in [0, 0.05) is 37.2 Å². The summed E-state index contributed by atoms with van der Waals surface area (Å²) in [6.45, 7) is 5.57. The van der Waals surface area contributed by atoms with E-state index in [1.54, 1.807) is 0 Å². The van der Waals surface area contributed by atoms with Crippen LogP contribution in [0.1, 0.15) is 48.4 Å². The van der Waals surface area contributed by atoms with Gasteiger partial charge in [-0.05, 0) is 43.9 Å². The zero-order chi connectivity index (χ0) is 18.1. The molecule has 2 amide bonds. The van der Waals surface area contributed by atoms with Gasteiger partial charge >= 0.3 is 6.03 Å². The van der Waals surface area contributed by atoms with Crippen LogP contribution >= 0.6 is 11.3 Å². The molecule has 1 saturated heterocycles. The van der Waals surface area contributed by atoms with Gasteiger partial charge in [0.15, 0.2) is 5.13 Å². The SMILES string of the molecule is Cc1ccc(C)c(OC2CCN(C(=O)Nc3nc(C4CC4)cs3)CC2)c1. The van der Waals surface area contributed by atoms with Gasteiger partial charge in [0.05, 0.1) is 5.69 Å². The molecule has 1 aromatic heterocycles. The minimum atomic E-state index is -0.0492. The summed E-state index contributed by atoms with van der Waals surface area (Å²) in [7, 11) is 0. The number of ether oxygens (including phenoxy) is 1. The molecule has 0 radical (unpaired) electrons. The number of nitrogens with one attached hydrogen (secondary N) is 1. The quantitative estimate of drug-likeness (QED) is 0.846. The highest BCUT2D eigenvalue weighted by Gasteiger charge is 2.27. The van der Waals surface area contributed by atoms with Crippen LogP contribution in [0, 0.1) is 13.8 Å². The van der Waals surface area contributed by atoms with Crippen molar-refractivity contribution in [2.24, 2.45) is 0 Å². The van der Waals surface area contributed by atoms with Crippen molar-refractivity contribution >= 4 is 22.5 Å². The molecule has 2 aromatic rings. The van der Waals surface area contributed by atoms with Crippen LogP contribution in [0.15, 0.2) is 23.6 Å². The predicted molar refractivity (Wildman–Crippen MR) is 104 cm³/mol. The van der Waals surface area contributed by atoms with Crippen molar-refractivity contribution in [1.82, 2.24) is 9.88 Å². The first kappa shape index (κ1) is 17.3. The highest BCUT2D eigenvalue weighted by atomic mass is 32.1. The van der Waals surface area contributed by atoms with Gasteiger partial charge in [-0.3, -0.25) is 5.32 Å². The smallest absolute Gasteiger partial charge is 0.323 e. The van der Waals surface area contributed by atoms with E-state index in [0.29, 0.717) is 24.1 Å². The fraction of sp³-hybridized carbons (Fsp3) is 0.500. The predicted octanol–water partition coefficient (Wildman–Crippen LogP) is 4.71. The van der Waals surface area contributed by atoms with Crippen molar-refractivity contribution in [2.75, 3.05) is 18.4 Å². The number of amides is 2. The number of urea groups is 1. The zero-order valence-corrected chi connectivity index (χ0v) is 16.1. The van der Waals surface area contributed by atoms with Gasteiger partial charge in [-0.1, -0.05) is 12.1 Å². The van der Waals surface area contributed by atoms with Crippen molar-refractivity contribution < 1.29 is 9.53 Å². The molecule has 26 heavy (non-hydrogen) atoms. The van der Waals surface area contributed by atoms with E-state index in [-0.39, 0.29) is 12.1 Å². The van der Waals surface area contributed by atoms with Gasteiger partial charge in [0.1, 0.15) is 11.9 Å². The van der Waals surface area contributed by atoms with E-state index in [1.165, 1.54) is 29.7 Å². The van der Waals surface area contributed by atoms with Crippen molar-refractivity contribution in [3.05, 3.63) is 40.4 Å². The maximum atomic E-state index is 12.5. The summed E-state index contributed by atoms with van der Waals surface area (Å²) >= 11 is 1.52. The molecular weight excluding hydrogens is 346 g/mol. The Morgan fingerprint density at radius 1 is 1.23 bits per heavy atom. The third kappa shape index (κ3) is 4.01. The standard InChI is InChI=1S/C20H25N3O2S/c1-13-3-4-14(2)18(11-13)25-16-7-9-23(10-8-16)20(24)22-19-21-17(12-26-19)15-5-6-15/h3-4,11-12,15-16H,5-10H2,1-2H3,(H,21,22,24). The second kappa shape index (κ2) is 7.27. The molecule has 4 rings (SSSR count). The second-order valence-corrected chi connectivity index (χ2v) is 8.21. The van der Waals surface area contributed by atoms with Gasteiger partial charge in [-0.2, -0.15) is 0 Å². The number of piperidine rings is 1. The number of hydrogen-bond donors (Lipinski definition) is 1. The van der Waals surface area contributed by atoms with Crippen LogP contribution in [-0.2, 0) is 0 Å². The lowest BCUT2D eigenvalue weighted by Crippen LogP contribution is -2.43. The average Bonchev–Trinajstić information content (AvgIpc) is 3.38. The third-order valence-corrected chi connectivity index (χ3v) is 5.87. The summed E-state index contributed by atoms with van der Waals surface area (Å²) in [5.41, 5.74) is 3.49. The van der Waals surface area contributed by atoms with Crippen LogP contribution in [-0.4, -0.2) is 35.1 Å². The Hall–Kier alpha value is -2.08. The first-order chi connectivity index (χ1) is 12.6. The fourth-order valence-corrected chi connectivity index (χ4v) is 4.05. The molecule has 0 bridgehead atoms. The molecule has 2 heterocycles. The van der Waals surface area contributed by atoms with E-state index >= 15 is 0 Å². The Morgan fingerprint density at radius 2 is 2.00 bits per heavy atom. The maximum Gasteiger partial charge on any atom is 0.323 e. The number of nitrogens with zero attached hydrogens (tertiary/aromatic N) is 2. The molecule has 1 aliphatic carbocycles. The highest BCUT2D eigenvalue weighted by Crippen LogP contribution is 2.40. The molecule has 2 aliphatic rings. The Morgan fingerprint density at radius 3 is 2.73 bits per heavy atom. The van der Waals surface area contributed by atoms with Crippen LogP contribution < -0.4 is 10.1 Å². The minimum Gasteiger partial charge on any atom is -0.490 e. The Kier molecular flexibility index (Phi) is 4.85. The molecule has 1 aromatic carbocycles. The Labute approximate surface area is 158 Å². The van der Waals surface area contributed by atoms with Crippen molar-refractivity contribution in [3.63, 3.8) is 0 Å². The number of rotatable bonds is 4. The maximum absolute atomic E-state index is 12.5. The molecule has 0 atom stereocenters. The number of aryl methyl sites for hydroxylation is 2. The number of benzene rings is 1. The summed E-state index contributed by atoms with van der Waals surface area (Å²) in [5, 5.41) is 5.73. The van der Waals surface area contributed by atoms with Crippen molar-refractivity contribution in [2.45, 2.75) is 51.6 Å². The van der Waals surface area contributed by atoms with Crippen LogP contribution in [0.5, 0.6) is 5.75 Å². The molecule has 2 fully saturated rings. The average molecular weight is 372 g/mol. The van der Waals surface area contributed by atoms with Crippen LogP contribution in [0.3, 0.4) is 0 Å². The number of likely N-dealkylation sites (tertiary alicyclic amines) is 1. The highest BCUT2D eigenvalue weighted by molar-refractivity contribution is 7.13. The number of thiazole rings is 1. The second-order valence-electron chi connectivity index (χ2n) is 7.36. The molecule has 0 spiro atoms. The Bertz CT molecular complexity index is 792. The van der Waals surface area contributed by atoms with E-state index < -0.39 is 0 Å². The summed E-state index contributed by atoms with van der Waals surface area (Å²) in [5.74, 6) is 1.58. The summed E-state index contributed by atoms with van der Waals surface area (Å²) in [6, 6.07) is 6.24. The molecule has 0 unspecified atom stereocenters. The summed E-state index contributed by atoms with van der Waals surface area (Å²) in [6.07, 6.45) is 4.33. The topological polar surface area (TPSA) is 54.5 Å². The molecule has 5 nitrogen and oxygen atoms in total. The van der Waals surface area contributed by atoms with Gasteiger partial charge in [-0.15, -0.1) is 11.3 Å². The van der Waals surface area contributed by atoms with Gasteiger partial charge in [0.25, 0.3) is 0 Å². The van der Waals surface area contributed by atoms with Crippen molar-refractivity contribution in [1.29, 1.82) is 0 Å². The van der Waals surface area contributed by atoms with E-state index in [4.69, 9.17) is 4.74 Å². The van der Waals surface area contributed by atoms with Crippen LogP contribution in [0.25, 0.3) is 0 Å². The summed E-state index contributed by atoms with van der Waals surface area (Å²) in [4.78, 5) is 18.9. The monoisotopic (exact) mass is 371 g/mol. The lowest BCUT2D eigenvalue weighted by atomic mass is 10.1. The zero-order valence-electron chi connectivity index (χ0n) is 15.3. The minimum absolute atomic E-state index is 0.0492. The molecule has 6 heteroatoms. The number of carbonyl (C=O) groups excluding carboxylic acids is 1. The largest absolute Gasteiger partial charge is 0.490 e. The molecule has 138 valence electrons. The first-order valence-electron chi connectivity index (χ1n) is 9.34. The Balaban J connectivity index is 1.28. The van der Waals surface area contributed by atoms with Gasteiger partial charge in [-0.25, -0.2) is 9.78 Å². The van der Waals surface area contributed by atoms with Gasteiger partial charge in [0.2, 0.25) is 0 Å². The van der Waals surface area contributed by atoms with Crippen LogP contribution in [0.4, 0.5) is 9.93 Å². The van der Waals surface area contributed by atoms with Crippen molar-refractivity contribution in [3.8, 4) is 5.75 Å². The molecule has 1 N–H and O–H groups in total. The molecule has 1 aliphatic heterocycles. The van der Waals surface area contributed by atoms with E-state index in [2.05, 4.69) is 47.7 Å². The number of carbonyl (C=O) groups is 1. The molecule has 1 saturated carbocycles. The lowest BCUT2D eigenvalue weighted by molar-refractivity contribution is 0.115. The molecular formula is C20H25N3O2S.